The summed E-state index contributed by atoms with van der Waals surface area (Å²) in [5.41, 5.74) is 0.636. The molecule has 0 saturated carbocycles. The Morgan fingerprint density at radius 1 is 0.931 bits per heavy atom. The first-order valence-electron chi connectivity index (χ1n) is 10.2. The summed E-state index contributed by atoms with van der Waals surface area (Å²) in [6.45, 7) is 6.96. The molecule has 1 nitrogen and oxygen atoms in total. The van der Waals surface area contributed by atoms with Crippen LogP contribution in [0.15, 0.2) is 36.5 Å². The van der Waals surface area contributed by atoms with Crippen molar-refractivity contribution >= 4 is 7.92 Å². The second kappa shape index (κ2) is 19.3. The predicted molar refractivity (Wildman–Crippen MR) is 122 cm³/mol. The van der Waals surface area contributed by atoms with E-state index in [1.165, 1.54) is 38.5 Å². The van der Waals surface area contributed by atoms with E-state index in [2.05, 4.69) is 31.8 Å². The van der Waals surface area contributed by atoms with E-state index < -0.39 is 11.6 Å². The quantitative estimate of drug-likeness (QED) is 0.200. The van der Waals surface area contributed by atoms with Crippen molar-refractivity contribution in [2.45, 2.75) is 59.3 Å². The molecule has 0 atom stereocenters. The normalized spacial score (nSPS) is 9.86. The molecule has 2 aromatic rings. The van der Waals surface area contributed by atoms with E-state index in [4.69, 9.17) is 0 Å². The van der Waals surface area contributed by atoms with Gasteiger partial charge in [0.2, 0.25) is 0 Å². The molecule has 0 aliphatic carbocycles. The largest absolute Gasteiger partial charge is 0.358 e. The summed E-state index contributed by atoms with van der Waals surface area (Å²) >= 11 is 0. The number of hydrogen-bond acceptors (Lipinski definition) is 1. The van der Waals surface area contributed by atoms with Crippen molar-refractivity contribution in [1.82, 2.24) is 4.98 Å². The minimum atomic E-state index is -0.649. The van der Waals surface area contributed by atoms with Gasteiger partial charge in [-0.3, -0.25) is 8.78 Å². The van der Waals surface area contributed by atoms with Gasteiger partial charge in [0.05, 0.1) is 18.5 Å². The number of pyridine rings is 1. The average molecular weight is 601 g/mol. The summed E-state index contributed by atoms with van der Waals surface area (Å²) in [5, 5.41) is 0. The number of unbranched alkanes of at least 4 members (excludes halogenated alkanes) is 3. The van der Waals surface area contributed by atoms with Crippen molar-refractivity contribution in [2.75, 3.05) is 18.5 Å². The van der Waals surface area contributed by atoms with Crippen molar-refractivity contribution in [3.8, 4) is 11.3 Å². The topological polar surface area (TPSA) is 12.9 Å². The van der Waals surface area contributed by atoms with E-state index in [1.54, 1.807) is 42.9 Å². The fourth-order valence-corrected chi connectivity index (χ4v) is 6.12. The van der Waals surface area contributed by atoms with E-state index in [0.29, 0.717) is 5.69 Å². The molecule has 167 valence electrons. The zero-order valence-electron chi connectivity index (χ0n) is 18.4. The molecule has 0 aliphatic rings. The molecule has 1 heterocycles. The standard InChI is InChI=1S/C12H27P.C11H6F2N.CH3.Ir/c1-4-7-10-13(11-8-5-2)12-9-6-3;12-8-4-5-9(10(13)7-8)11-3-1-2-6-14-11;;/h4-12H2,1-3H3;1-4,6-7H;1H3;/q;2*-1;/p+1. The number of benzene rings is 1. The van der Waals surface area contributed by atoms with E-state index in [1.807, 2.05) is 0 Å². The average Bonchev–Trinajstić information content (AvgIpc) is 2.68. The smallest absolute Gasteiger partial charge is 0.0571 e. The summed E-state index contributed by atoms with van der Waals surface area (Å²) in [5.74, 6) is -1.29. The molecule has 5 heteroatoms. The summed E-state index contributed by atoms with van der Waals surface area (Å²) in [6, 6.07) is 9.53. The number of aromatic nitrogens is 1. The van der Waals surface area contributed by atoms with Gasteiger partial charge >= 0.3 is 0 Å². The van der Waals surface area contributed by atoms with Crippen molar-refractivity contribution in [3.63, 3.8) is 0 Å². The molecule has 0 fully saturated rings. The molecular weight excluding hydrogens is 563 g/mol. The van der Waals surface area contributed by atoms with Gasteiger partial charge in [-0.2, -0.15) is 0 Å². The van der Waals surface area contributed by atoms with Gasteiger partial charge in [-0.15, -0.1) is 12.1 Å². The second-order valence-corrected chi connectivity index (χ2v) is 9.82. The monoisotopic (exact) mass is 601 g/mol. The van der Waals surface area contributed by atoms with E-state index in [-0.39, 0.29) is 41.0 Å². The Hall–Kier alpha value is -0.691. The van der Waals surface area contributed by atoms with Crippen molar-refractivity contribution in [2.24, 2.45) is 0 Å². The van der Waals surface area contributed by atoms with Gasteiger partial charge in [-0.05, 0) is 31.0 Å². The van der Waals surface area contributed by atoms with Crippen LogP contribution in [0.1, 0.15) is 59.3 Å². The summed E-state index contributed by atoms with van der Waals surface area (Å²) in [4.78, 5) is 3.95. The molecule has 1 aromatic carbocycles. The van der Waals surface area contributed by atoms with E-state index in [9.17, 15) is 8.78 Å². The van der Waals surface area contributed by atoms with Gasteiger partial charge < -0.3 is 12.4 Å². The fraction of sp³-hybridized carbons (Fsp3) is 0.500. The third-order valence-electron chi connectivity index (χ3n) is 4.43. The van der Waals surface area contributed by atoms with Crippen LogP contribution in [0.2, 0.25) is 0 Å². The first-order chi connectivity index (χ1) is 13.1. The molecule has 0 unspecified atom stereocenters. The molecule has 0 saturated heterocycles. The molecule has 0 spiro atoms. The Bertz CT molecular complexity index is 607. The third-order valence-corrected chi connectivity index (χ3v) is 7.61. The van der Waals surface area contributed by atoms with Crippen molar-refractivity contribution in [3.05, 3.63) is 61.7 Å². The van der Waals surface area contributed by atoms with E-state index >= 15 is 0 Å². The Labute approximate surface area is 192 Å². The zero-order valence-corrected chi connectivity index (χ0v) is 21.8. The van der Waals surface area contributed by atoms with Crippen LogP contribution < -0.4 is 0 Å². The van der Waals surface area contributed by atoms with Gasteiger partial charge in [-0.25, -0.2) is 0 Å². The van der Waals surface area contributed by atoms with Gasteiger partial charge in [0.25, 0.3) is 0 Å². The molecule has 2 rings (SSSR count). The van der Waals surface area contributed by atoms with Gasteiger partial charge in [-0.1, -0.05) is 63.8 Å². The minimum absolute atomic E-state index is 0. The van der Waals surface area contributed by atoms with Crippen LogP contribution in [-0.4, -0.2) is 23.5 Å². The van der Waals surface area contributed by atoms with Crippen LogP contribution in [0.25, 0.3) is 11.3 Å². The van der Waals surface area contributed by atoms with Crippen LogP contribution in [0.5, 0.6) is 0 Å². The molecule has 0 N–H and O–H groups in total. The predicted octanol–water partition coefficient (Wildman–Crippen LogP) is 7.88. The fourth-order valence-electron chi connectivity index (χ4n) is 2.81. The van der Waals surface area contributed by atoms with Crippen LogP contribution in [0, 0.1) is 25.1 Å². The Morgan fingerprint density at radius 2 is 1.48 bits per heavy atom. The third kappa shape index (κ3) is 13.3. The maximum Gasteiger partial charge on any atom is 0.0571 e. The SMILES string of the molecule is CCCC[PH+](CCCC)CCCC.Fc1c[c-]c(-c2ccccn2)c(F)c1.[CH3-].[Ir]. The van der Waals surface area contributed by atoms with Crippen LogP contribution in [0.3, 0.4) is 0 Å². The molecule has 0 amide bonds. The molecular formula is C24H37F2IrNP-. The Balaban J connectivity index is 0. The van der Waals surface area contributed by atoms with Gasteiger partial charge in [0.15, 0.2) is 0 Å². The maximum atomic E-state index is 13.2. The van der Waals surface area contributed by atoms with Crippen molar-refractivity contribution in [1.29, 1.82) is 0 Å². The van der Waals surface area contributed by atoms with Gasteiger partial charge in [0, 0.05) is 45.9 Å². The molecule has 1 aromatic heterocycles. The van der Waals surface area contributed by atoms with Crippen LogP contribution in [0.4, 0.5) is 8.78 Å². The summed E-state index contributed by atoms with van der Waals surface area (Å²) in [6.07, 6.45) is 15.0. The maximum absolute atomic E-state index is 13.2. The molecule has 1 radical (unpaired) electrons. The summed E-state index contributed by atoms with van der Waals surface area (Å²) < 4.78 is 25.8. The van der Waals surface area contributed by atoms with Crippen molar-refractivity contribution < 1.29 is 28.9 Å². The summed E-state index contributed by atoms with van der Waals surface area (Å²) in [7, 11) is 0.0675. The minimum Gasteiger partial charge on any atom is -0.358 e. The Kier molecular flexibility index (Phi) is 20.3. The van der Waals surface area contributed by atoms with Gasteiger partial charge in [0.1, 0.15) is 0 Å². The number of halogens is 2. The number of nitrogens with zero attached hydrogens (tertiary/aromatic N) is 1. The number of rotatable bonds is 10. The first kappa shape index (κ1) is 30.5. The Morgan fingerprint density at radius 3 is 1.90 bits per heavy atom. The van der Waals surface area contributed by atoms with E-state index in [0.717, 1.165) is 12.1 Å². The number of hydrogen-bond donors (Lipinski definition) is 0. The van der Waals surface area contributed by atoms with Crippen LogP contribution >= 0.6 is 7.92 Å². The zero-order chi connectivity index (χ0) is 19.9. The molecule has 0 bridgehead atoms. The first-order valence-corrected chi connectivity index (χ1v) is 12.4. The van der Waals surface area contributed by atoms with Crippen LogP contribution in [-0.2, 0) is 20.1 Å². The molecule has 29 heavy (non-hydrogen) atoms. The second-order valence-electron chi connectivity index (χ2n) is 6.82. The molecule has 0 aliphatic heterocycles.